The molecule has 3 atom stereocenters. The molecule has 102 valence electrons. The van der Waals surface area contributed by atoms with Crippen molar-refractivity contribution in [3.63, 3.8) is 0 Å². The quantitative estimate of drug-likeness (QED) is 0.798. The van der Waals surface area contributed by atoms with Crippen LogP contribution in [0.15, 0.2) is 0 Å². The summed E-state index contributed by atoms with van der Waals surface area (Å²) in [4.78, 5) is 16.8. The molecule has 3 rings (SSSR count). The van der Waals surface area contributed by atoms with Gasteiger partial charge in [-0.2, -0.15) is 0 Å². The predicted molar refractivity (Wildman–Crippen MR) is 71.4 cm³/mol. The van der Waals surface area contributed by atoms with Gasteiger partial charge in [-0.05, 0) is 45.2 Å². The minimum absolute atomic E-state index is 0.257. The van der Waals surface area contributed by atoms with Crippen molar-refractivity contribution < 1.29 is 4.79 Å². The van der Waals surface area contributed by atoms with Gasteiger partial charge in [0.1, 0.15) is 0 Å². The summed E-state index contributed by atoms with van der Waals surface area (Å²) < 4.78 is 0. The second-order valence-corrected chi connectivity index (χ2v) is 6.20. The molecule has 3 unspecified atom stereocenters. The molecule has 3 aliphatic rings. The molecule has 1 N–H and O–H groups in total. The van der Waals surface area contributed by atoms with Gasteiger partial charge in [-0.25, -0.2) is 0 Å². The molecule has 1 amide bonds. The fraction of sp³-hybridized carbons (Fsp3) is 0.929. The molecule has 3 saturated heterocycles. The maximum atomic E-state index is 12.4. The zero-order valence-electron chi connectivity index (χ0n) is 11.4. The molecule has 0 aromatic rings. The molecule has 0 saturated carbocycles. The van der Waals surface area contributed by atoms with Crippen LogP contribution in [0.25, 0.3) is 0 Å². The Morgan fingerprint density at radius 2 is 2.11 bits per heavy atom. The third-order valence-corrected chi connectivity index (χ3v) is 4.94. The van der Waals surface area contributed by atoms with Crippen LogP contribution in [0.4, 0.5) is 0 Å². The highest BCUT2D eigenvalue weighted by atomic mass is 16.2. The van der Waals surface area contributed by atoms with Crippen LogP contribution >= 0.6 is 0 Å². The fourth-order valence-corrected chi connectivity index (χ4v) is 3.79. The number of rotatable bonds is 4. The number of hydrogen-bond donors (Lipinski definition) is 1. The molecule has 0 spiro atoms. The average Bonchev–Trinajstić information content (AvgIpc) is 3.10. The van der Waals surface area contributed by atoms with E-state index in [4.69, 9.17) is 0 Å². The number of likely N-dealkylation sites (tertiary alicyclic amines) is 1. The monoisotopic (exact) mass is 251 g/mol. The van der Waals surface area contributed by atoms with E-state index in [1.165, 1.54) is 38.8 Å². The van der Waals surface area contributed by atoms with E-state index in [1.54, 1.807) is 0 Å². The minimum Gasteiger partial charge on any atom is -0.344 e. The van der Waals surface area contributed by atoms with Gasteiger partial charge in [0.05, 0.1) is 5.92 Å². The highest BCUT2D eigenvalue weighted by molar-refractivity contribution is 5.80. The molecule has 3 heterocycles. The van der Waals surface area contributed by atoms with Crippen LogP contribution in [0, 0.1) is 5.92 Å². The van der Waals surface area contributed by atoms with E-state index in [9.17, 15) is 4.79 Å². The smallest absolute Gasteiger partial charge is 0.227 e. The standard InChI is InChI=1S/C14H25N3O/c1-16(8-9-17-6-2-3-7-17)14(18)12-10-11-4-5-13(12)15-11/h11-13,15H,2-10H2,1H3. The van der Waals surface area contributed by atoms with Crippen molar-refractivity contribution in [2.45, 2.75) is 44.2 Å². The van der Waals surface area contributed by atoms with Gasteiger partial charge < -0.3 is 15.1 Å². The summed E-state index contributed by atoms with van der Waals surface area (Å²) >= 11 is 0. The highest BCUT2D eigenvalue weighted by Gasteiger charge is 2.43. The Morgan fingerprint density at radius 1 is 1.33 bits per heavy atom. The largest absolute Gasteiger partial charge is 0.344 e. The van der Waals surface area contributed by atoms with E-state index < -0.39 is 0 Å². The number of hydrogen-bond acceptors (Lipinski definition) is 3. The van der Waals surface area contributed by atoms with Gasteiger partial charge in [-0.1, -0.05) is 0 Å². The van der Waals surface area contributed by atoms with E-state index in [0.29, 0.717) is 18.0 Å². The topological polar surface area (TPSA) is 35.6 Å². The Bertz CT molecular complexity index is 314. The van der Waals surface area contributed by atoms with Crippen molar-refractivity contribution in [3.8, 4) is 0 Å². The van der Waals surface area contributed by atoms with Crippen LogP contribution < -0.4 is 5.32 Å². The van der Waals surface area contributed by atoms with Crippen LogP contribution in [-0.2, 0) is 4.79 Å². The Hall–Kier alpha value is -0.610. The van der Waals surface area contributed by atoms with Crippen molar-refractivity contribution >= 4 is 5.91 Å². The molecule has 0 radical (unpaired) electrons. The number of carbonyl (C=O) groups excluding carboxylic acids is 1. The molecule has 0 aromatic carbocycles. The van der Waals surface area contributed by atoms with E-state index in [2.05, 4.69) is 10.2 Å². The number of carbonyl (C=O) groups is 1. The molecule has 3 fully saturated rings. The molecule has 4 heteroatoms. The van der Waals surface area contributed by atoms with Crippen LogP contribution in [0.5, 0.6) is 0 Å². The Morgan fingerprint density at radius 3 is 2.72 bits per heavy atom. The molecule has 2 bridgehead atoms. The SMILES string of the molecule is CN(CCN1CCCC1)C(=O)C1CC2CCC1N2. The number of nitrogens with one attached hydrogen (secondary N) is 1. The van der Waals surface area contributed by atoms with Crippen molar-refractivity contribution in [1.29, 1.82) is 0 Å². The van der Waals surface area contributed by atoms with E-state index in [0.717, 1.165) is 19.5 Å². The maximum Gasteiger partial charge on any atom is 0.227 e. The third kappa shape index (κ3) is 2.41. The second-order valence-electron chi connectivity index (χ2n) is 6.20. The first-order valence-electron chi connectivity index (χ1n) is 7.47. The third-order valence-electron chi connectivity index (χ3n) is 4.94. The van der Waals surface area contributed by atoms with Crippen LogP contribution in [-0.4, -0.2) is 61.0 Å². The summed E-state index contributed by atoms with van der Waals surface area (Å²) in [6.45, 7) is 4.39. The van der Waals surface area contributed by atoms with Crippen molar-refractivity contribution in [2.24, 2.45) is 5.92 Å². The normalized spacial score (nSPS) is 35.3. The molecule has 0 aliphatic carbocycles. The Labute approximate surface area is 110 Å². The Balaban J connectivity index is 1.46. The predicted octanol–water partition coefficient (Wildman–Crippen LogP) is 0.681. The van der Waals surface area contributed by atoms with Gasteiger partial charge in [-0.15, -0.1) is 0 Å². The van der Waals surface area contributed by atoms with E-state index in [-0.39, 0.29) is 5.92 Å². The van der Waals surface area contributed by atoms with Crippen molar-refractivity contribution in [2.75, 3.05) is 33.2 Å². The first kappa shape index (κ1) is 12.4. The molecular formula is C14H25N3O. The fourth-order valence-electron chi connectivity index (χ4n) is 3.79. The summed E-state index contributed by atoms with van der Waals surface area (Å²) in [5.41, 5.74) is 0. The van der Waals surface area contributed by atoms with Gasteiger partial charge >= 0.3 is 0 Å². The molecule has 3 aliphatic heterocycles. The van der Waals surface area contributed by atoms with E-state index in [1.807, 2.05) is 11.9 Å². The lowest BCUT2D eigenvalue weighted by molar-refractivity contribution is -0.135. The number of nitrogens with zero attached hydrogens (tertiary/aromatic N) is 2. The van der Waals surface area contributed by atoms with E-state index >= 15 is 0 Å². The molecular weight excluding hydrogens is 226 g/mol. The Kier molecular flexibility index (Phi) is 3.57. The van der Waals surface area contributed by atoms with Gasteiger partial charge in [0.15, 0.2) is 0 Å². The summed E-state index contributed by atoms with van der Waals surface area (Å²) in [6.07, 6.45) is 6.19. The first-order chi connectivity index (χ1) is 8.74. The van der Waals surface area contributed by atoms with Gasteiger partial charge in [0.25, 0.3) is 0 Å². The number of likely N-dealkylation sites (N-methyl/N-ethyl adjacent to an activating group) is 1. The molecule has 0 aromatic heterocycles. The average molecular weight is 251 g/mol. The van der Waals surface area contributed by atoms with Gasteiger partial charge in [0, 0.05) is 32.2 Å². The molecule has 18 heavy (non-hydrogen) atoms. The summed E-state index contributed by atoms with van der Waals surface area (Å²) in [6, 6.07) is 1.09. The first-order valence-corrected chi connectivity index (χ1v) is 7.47. The van der Waals surface area contributed by atoms with Crippen LogP contribution in [0.1, 0.15) is 32.1 Å². The zero-order chi connectivity index (χ0) is 12.5. The lowest BCUT2D eigenvalue weighted by Crippen LogP contribution is -2.42. The summed E-state index contributed by atoms with van der Waals surface area (Å²) in [5.74, 6) is 0.626. The minimum atomic E-state index is 0.257. The highest BCUT2D eigenvalue weighted by Crippen LogP contribution is 2.34. The van der Waals surface area contributed by atoms with Crippen molar-refractivity contribution in [3.05, 3.63) is 0 Å². The van der Waals surface area contributed by atoms with Crippen molar-refractivity contribution in [1.82, 2.24) is 15.1 Å². The lowest BCUT2D eigenvalue weighted by Gasteiger charge is -2.27. The maximum absolute atomic E-state index is 12.4. The van der Waals surface area contributed by atoms with Gasteiger partial charge in [0.2, 0.25) is 5.91 Å². The second kappa shape index (κ2) is 5.17. The number of fused-ring (bicyclic) bond motifs is 2. The zero-order valence-corrected chi connectivity index (χ0v) is 11.4. The number of amides is 1. The molecule has 4 nitrogen and oxygen atoms in total. The van der Waals surface area contributed by atoms with Crippen LogP contribution in [0.3, 0.4) is 0 Å². The van der Waals surface area contributed by atoms with Gasteiger partial charge in [-0.3, -0.25) is 4.79 Å². The summed E-state index contributed by atoms with van der Waals surface area (Å²) in [7, 11) is 1.98. The lowest BCUT2D eigenvalue weighted by atomic mass is 9.88. The van der Waals surface area contributed by atoms with Crippen LogP contribution in [0.2, 0.25) is 0 Å². The summed E-state index contributed by atoms with van der Waals surface area (Å²) in [5, 5.41) is 3.55.